The Bertz CT molecular complexity index is 537. The van der Waals surface area contributed by atoms with Crippen LogP contribution < -0.4 is 5.73 Å². The zero-order chi connectivity index (χ0) is 12.3. The lowest BCUT2D eigenvalue weighted by molar-refractivity contribution is -0.137. The Kier molecular flexibility index (Phi) is 5.13. The molecule has 3 N–H and O–H groups in total. The summed E-state index contributed by atoms with van der Waals surface area (Å²) < 4.78 is 0. The van der Waals surface area contributed by atoms with Crippen LogP contribution in [0, 0.1) is 0 Å². The highest BCUT2D eigenvalue weighted by atomic mass is 35.5. The number of aliphatic carboxylic acids is 1. The van der Waals surface area contributed by atoms with Gasteiger partial charge in [-0.1, -0.05) is 42.5 Å². The van der Waals surface area contributed by atoms with Crippen molar-refractivity contribution in [3.05, 3.63) is 48.0 Å². The van der Waals surface area contributed by atoms with Gasteiger partial charge >= 0.3 is 5.97 Å². The predicted molar refractivity (Wildman–Crippen MR) is 75.1 cm³/mol. The molecule has 0 saturated carbocycles. The molecular weight excluding hydrogens is 250 g/mol. The Labute approximate surface area is 112 Å². The Hall–Kier alpha value is -1.58. The van der Waals surface area contributed by atoms with Crippen molar-refractivity contribution >= 4 is 29.1 Å². The molecule has 0 spiro atoms. The number of hydrogen-bond donors (Lipinski definition) is 2. The zero-order valence-corrected chi connectivity index (χ0v) is 10.7. The van der Waals surface area contributed by atoms with Crippen molar-refractivity contribution in [3.63, 3.8) is 0 Å². The summed E-state index contributed by atoms with van der Waals surface area (Å²) in [5.74, 6) is -0.849. The lowest BCUT2D eigenvalue weighted by Crippen LogP contribution is -2.26. The number of halogens is 1. The third kappa shape index (κ3) is 3.45. The molecule has 1 atom stereocenters. The lowest BCUT2D eigenvalue weighted by atomic mass is 9.98. The number of benzene rings is 2. The van der Waals surface area contributed by atoms with E-state index in [9.17, 15) is 4.79 Å². The van der Waals surface area contributed by atoms with Crippen LogP contribution >= 0.6 is 12.4 Å². The van der Waals surface area contributed by atoms with E-state index in [1.807, 2.05) is 42.5 Å². The average molecular weight is 266 g/mol. The minimum atomic E-state index is -0.849. The predicted octanol–water partition coefficient (Wildman–Crippen LogP) is 2.61. The molecule has 3 nitrogen and oxygen atoms in total. The van der Waals surface area contributed by atoms with E-state index in [-0.39, 0.29) is 24.9 Å². The van der Waals surface area contributed by atoms with Crippen LogP contribution in [0.2, 0.25) is 0 Å². The summed E-state index contributed by atoms with van der Waals surface area (Å²) in [6.45, 7) is 0. The van der Waals surface area contributed by atoms with Gasteiger partial charge < -0.3 is 10.8 Å². The summed E-state index contributed by atoms with van der Waals surface area (Å²) in [7, 11) is 0. The summed E-state index contributed by atoms with van der Waals surface area (Å²) in [4.78, 5) is 10.6. The second-order valence-electron chi connectivity index (χ2n) is 4.20. The molecule has 0 bridgehead atoms. The molecule has 0 fully saturated rings. The molecule has 4 heteroatoms. The minimum absolute atomic E-state index is 0. The Morgan fingerprint density at radius 1 is 1.17 bits per heavy atom. The number of fused-ring (bicyclic) bond motifs is 1. The fourth-order valence-corrected chi connectivity index (χ4v) is 2.05. The zero-order valence-electron chi connectivity index (χ0n) is 9.87. The first-order valence-corrected chi connectivity index (χ1v) is 5.61. The van der Waals surface area contributed by atoms with Gasteiger partial charge in [0, 0.05) is 6.04 Å². The molecule has 96 valence electrons. The molecule has 0 radical (unpaired) electrons. The van der Waals surface area contributed by atoms with Crippen molar-refractivity contribution < 1.29 is 9.90 Å². The number of carboxylic acids is 1. The third-order valence-electron chi connectivity index (χ3n) is 2.80. The van der Waals surface area contributed by atoms with Gasteiger partial charge in [-0.25, -0.2) is 0 Å². The molecule has 0 aliphatic carbocycles. The van der Waals surface area contributed by atoms with E-state index < -0.39 is 5.97 Å². The molecule has 18 heavy (non-hydrogen) atoms. The van der Waals surface area contributed by atoms with Gasteiger partial charge in [0.25, 0.3) is 0 Å². The summed E-state index contributed by atoms with van der Waals surface area (Å²) in [5.41, 5.74) is 6.93. The van der Waals surface area contributed by atoms with Crippen molar-refractivity contribution in [3.8, 4) is 0 Å². The molecule has 2 aromatic rings. The van der Waals surface area contributed by atoms with Gasteiger partial charge in [-0.2, -0.15) is 0 Å². The van der Waals surface area contributed by atoms with E-state index in [1.54, 1.807) is 0 Å². The maximum Gasteiger partial charge on any atom is 0.304 e. The van der Waals surface area contributed by atoms with E-state index in [1.165, 1.54) is 0 Å². The van der Waals surface area contributed by atoms with Crippen molar-refractivity contribution in [2.45, 2.75) is 18.9 Å². The number of rotatable bonds is 4. The SMILES string of the molecule is Cl.N[C@@H](CC(=O)O)Cc1cccc2ccccc12. The Balaban J connectivity index is 0.00000162. The Morgan fingerprint density at radius 2 is 1.83 bits per heavy atom. The van der Waals surface area contributed by atoms with Gasteiger partial charge in [0.1, 0.15) is 0 Å². The fraction of sp³-hybridized carbons (Fsp3) is 0.214. The maximum atomic E-state index is 10.6. The minimum Gasteiger partial charge on any atom is -0.481 e. The summed E-state index contributed by atoms with van der Waals surface area (Å²) >= 11 is 0. The van der Waals surface area contributed by atoms with Gasteiger partial charge in [-0.15, -0.1) is 12.4 Å². The van der Waals surface area contributed by atoms with Crippen molar-refractivity contribution in [2.75, 3.05) is 0 Å². The summed E-state index contributed by atoms with van der Waals surface area (Å²) in [5, 5.41) is 11.0. The molecule has 0 aromatic heterocycles. The van der Waals surface area contributed by atoms with Crippen LogP contribution in [0.3, 0.4) is 0 Å². The number of nitrogens with two attached hydrogens (primary N) is 1. The first kappa shape index (κ1) is 14.5. The summed E-state index contributed by atoms with van der Waals surface area (Å²) in [6.07, 6.45) is 0.594. The van der Waals surface area contributed by atoms with Crippen LogP contribution in [0.25, 0.3) is 10.8 Å². The highest BCUT2D eigenvalue weighted by Gasteiger charge is 2.10. The highest BCUT2D eigenvalue weighted by molar-refractivity contribution is 5.86. The molecule has 2 aromatic carbocycles. The molecule has 2 rings (SSSR count). The van der Waals surface area contributed by atoms with Crippen LogP contribution in [-0.4, -0.2) is 17.1 Å². The van der Waals surface area contributed by atoms with Gasteiger partial charge in [0.05, 0.1) is 6.42 Å². The smallest absolute Gasteiger partial charge is 0.304 e. The topological polar surface area (TPSA) is 63.3 Å². The standard InChI is InChI=1S/C14H15NO2.ClH/c15-12(9-14(16)17)8-11-6-3-5-10-4-1-2-7-13(10)11;/h1-7,12H,8-9,15H2,(H,16,17);1H/t12-;/m1./s1. The van der Waals surface area contributed by atoms with Gasteiger partial charge in [-0.05, 0) is 22.8 Å². The second-order valence-corrected chi connectivity index (χ2v) is 4.20. The molecule has 0 unspecified atom stereocenters. The van der Waals surface area contributed by atoms with E-state index in [2.05, 4.69) is 0 Å². The number of carboxylic acid groups (broad SMARTS) is 1. The third-order valence-corrected chi connectivity index (χ3v) is 2.80. The van der Waals surface area contributed by atoms with Crippen LogP contribution in [0.4, 0.5) is 0 Å². The molecule has 0 heterocycles. The molecule has 0 amide bonds. The lowest BCUT2D eigenvalue weighted by Gasteiger charge is -2.11. The monoisotopic (exact) mass is 265 g/mol. The first-order valence-electron chi connectivity index (χ1n) is 5.61. The molecule has 0 aliphatic rings. The van der Waals surface area contributed by atoms with Gasteiger partial charge in [-0.3, -0.25) is 4.79 Å². The molecule has 0 aliphatic heterocycles. The average Bonchev–Trinajstić information content (AvgIpc) is 2.28. The van der Waals surface area contributed by atoms with Gasteiger partial charge in [0.15, 0.2) is 0 Å². The Morgan fingerprint density at radius 3 is 2.56 bits per heavy atom. The van der Waals surface area contributed by atoms with Crippen molar-refractivity contribution in [1.29, 1.82) is 0 Å². The number of hydrogen-bond acceptors (Lipinski definition) is 2. The quantitative estimate of drug-likeness (QED) is 0.893. The first-order chi connectivity index (χ1) is 8.16. The maximum absolute atomic E-state index is 10.6. The van der Waals surface area contributed by atoms with Crippen LogP contribution in [-0.2, 0) is 11.2 Å². The van der Waals surface area contributed by atoms with Crippen molar-refractivity contribution in [1.82, 2.24) is 0 Å². The fourth-order valence-electron chi connectivity index (χ4n) is 2.05. The largest absolute Gasteiger partial charge is 0.481 e. The highest BCUT2D eigenvalue weighted by Crippen LogP contribution is 2.19. The molecular formula is C14H16ClNO2. The second kappa shape index (κ2) is 6.38. The van der Waals surface area contributed by atoms with Crippen LogP contribution in [0.15, 0.2) is 42.5 Å². The van der Waals surface area contributed by atoms with Crippen molar-refractivity contribution in [2.24, 2.45) is 5.73 Å². The van der Waals surface area contributed by atoms with E-state index >= 15 is 0 Å². The van der Waals surface area contributed by atoms with Gasteiger partial charge in [0.2, 0.25) is 0 Å². The molecule has 0 saturated heterocycles. The van der Waals surface area contributed by atoms with E-state index in [0.29, 0.717) is 6.42 Å². The van der Waals surface area contributed by atoms with Crippen LogP contribution in [0.1, 0.15) is 12.0 Å². The van der Waals surface area contributed by atoms with E-state index in [0.717, 1.165) is 16.3 Å². The van der Waals surface area contributed by atoms with E-state index in [4.69, 9.17) is 10.8 Å². The number of carbonyl (C=O) groups is 1. The van der Waals surface area contributed by atoms with Crippen LogP contribution in [0.5, 0.6) is 0 Å². The summed E-state index contributed by atoms with van der Waals surface area (Å²) in [6, 6.07) is 13.7. The normalized spacial score (nSPS) is 11.8.